The lowest BCUT2D eigenvalue weighted by molar-refractivity contribution is -0.111. The average molecular weight is 417 g/mol. The number of aryl methyl sites for hydroxylation is 1. The number of aromatic nitrogens is 4. The molecule has 0 unspecified atom stereocenters. The molecule has 0 fully saturated rings. The summed E-state index contributed by atoms with van der Waals surface area (Å²) in [5.41, 5.74) is 2.26. The van der Waals surface area contributed by atoms with Crippen LogP contribution in [0.3, 0.4) is 0 Å². The number of benzene rings is 1. The molecule has 30 heavy (non-hydrogen) atoms. The van der Waals surface area contributed by atoms with Gasteiger partial charge in [0.1, 0.15) is 12.4 Å². The number of hydrogen-bond donors (Lipinski definition) is 1. The fourth-order valence-electron chi connectivity index (χ4n) is 2.79. The molecule has 1 aromatic carbocycles. The molecule has 3 heterocycles. The lowest BCUT2D eigenvalue weighted by atomic mass is 10.2. The van der Waals surface area contributed by atoms with Crippen molar-refractivity contribution in [2.24, 2.45) is 0 Å². The van der Waals surface area contributed by atoms with E-state index in [1.54, 1.807) is 58.9 Å². The van der Waals surface area contributed by atoms with Gasteiger partial charge in [-0.3, -0.25) is 4.79 Å². The van der Waals surface area contributed by atoms with E-state index in [-0.39, 0.29) is 5.91 Å². The van der Waals surface area contributed by atoms with E-state index in [1.165, 1.54) is 6.08 Å². The van der Waals surface area contributed by atoms with Crippen molar-refractivity contribution < 1.29 is 9.53 Å². The van der Waals surface area contributed by atoms with Gasteiger partial charge < -0.3 is 10.1 Å². The number of ether oxygens (including phenoxy) is 1. The van der Waals surface area contributed by atoms with E-state index in [0.717, 1.165) is 16.3 Å². The maximum atomic E-state index is 12.5. The number of anilines is 1. The lowest BCUT2D eigenvalue weighted by Crippen LogP contribution is -2.12. The number of pyridine rings is 1. The van der Waals surface area contributed by atoms with E-state index in [2.05, 4.69) is 20.4 Å². The summed E-state index contributed by atoms with van der Waals surface area (Å²) in [7, 11) is 0. The largest absolute Gasteiger partial charge is 0.487 e. The number of amides is 1. The zero-order chi connectivity index (χ0) is 20.8. The van der Waals surface area contributed by atoms with Crippen LogP contribution in [0.5, 0.6) is 5.75 Å². The molecule has 7 nitrogen and oxygen atoms in total. The zero-order valence-corrected chi connectivity index (χ0v) is 17.0. The van der Waals surface area contributed by atoms with Crippen LogP contribution in [0.15, 0.2) is 72.5 Å². The SMILES string of the molecule is Cc1nc(COc2ccccc2/C=C/C(=O)Nc2cccnc2-n2cccn2)cs1. The van der Waals surface area contributed by atoms with Crippen molar-refractivity contribution in [1.82, 2.24) is 19.7 Å². The molecule has 0 spiro atoms. The summed E-state index contributed by atoms with van der Waals surface area (Å²) in [4.78, 5) is 21.2. The molecule has 150 valence electrons. The number of rotatable bonds is 7. The molecule has 0 aliphatic heterocycles. The van der Waals surface area contributed by atoms with E-state index in [4.69, 9.17) is 4.74 Å². The Morgan fingerprint density at radius 3 is 2.90 bits per heavy atom. The second-order valence-electron chi connectivity index (χ2n) is 6.33. The smallest absolute Gasteiger partial charge is 0.248 e. The molecule has 0 radical (unpaired) electrons. The highest BCUT2D eigenvalue weighted by Gasteiger charge is 2.08. The summed E-state index contributed by atoms with van der Waals surface area (Å²) in [5, 5.41) is 10.0. The Hall–Kier alpha value is -3.78. The summed E-state index contributed by atoms with van der Waals surface area (Å²) in [6, 6.07) is 12.9. The van der Waals surface area contributed by atoms with Crippen molar-refractivity contribution in [3.8, 4) is 11.6 Å². The summed E-state index contributed by atoms with van der Waals surface area (Å²) >= 11 is 1.59. The lowest BCUT2D eigenvalue weighted by Gasteiger charge is -2.09. The minimum Gasteiger partial charge on any atom is -0.487 e. The Kier molecular flexibility index (Phi) is 5.95. The van der Waals surface area contributed by atoms with Crippen molar-refractivity contribution in [1.29, 1.82) is 0 Å². The number of nitrogens with one attached hydrogen (secondary N) is 1. The fraction of sp³-hybridized carbons (Fsp3) is 0.0909. The second-order valence-corrected chi connectivity index (χ2v) is 7.39. The van der Waals surface area contributed by atoms with E-state index < -0.39 is 0 Å². The molecular formula is C22H19N5O2S. The summed E-state index contributed by atoms with van der Waals surface area (Å²) in [6.07, 6.45) is 8.27. The first-order valence-electron chi connectivity index (χ1n) is 9.26. The van der Waals surface area contributed by atoms with E-state index >= 15 is 0 Å². The first-order chi connectivity index (χ1) is 14.7. The van der Waals surface area contributed by atoms with Gasteiger partial charge in [0.25, 0.3) is 0 Å². The Morgan fingerprint density at radius 1 is 1.20 bits per heavy atom. The van der Waals surface area contributed by atoms with Crippen LogP contribution < -0.4 is 10.1 Å². The number of thiazole rings is 1. The first-order valence-corrected chi connectivity index (χ1v) is 10.1. The van der Waals surface area contributed by atoms with Crippen molar-refractivity contribution in [2.75, 3.05) is 5.32 Å². The minimum atomic E-state index is -0.277. The number of carbonyl (C=O) groups excluding carboxylic acids is 1. The van der Waals surface area contributed by atoms with Crippen LogP contribution in [-0.4, -0.2) is 25.7 Å². The molecule has 0 bridgehead atoms. The van der Waals surface area contributed by atoms with Crippen LogP contribution in [0.1, 0.15) is 16.3 Å². The molecule has 4 aromatic rings. The molecule has 1 amide bonds. The third kappa shape index (κ3) is 4.79. The molecule has 1 N–H and O–H groups in total. The summed E-state index contributed by atoms with van der Waals surface area (Å²) < 4.78 is 7.49. The van der Waals surface area contributed by atoms with E-state index in [9.17, 15) is 4.79 Å². The summed E-state index contributed by atoms with van der Waals surface area (Å²) in [6.45, 7) is 2.34. The van der Waals surface area contributed by atoms with Crippen molar-refractivity contribution in [2.45, 2.75) is 13.5 Å². The normalized spacial score (nSPS) is 11.0. The van der Waals surface area contributed by atoms with Gasteiger partial charge in [-0.05, 0) is 37.3 Å². The maximum absolute atomic E-state index is 12.5. The van der Waals surface area contributed by atoms with E-state index in [0.29, 0.717) is 23.9 Å². The number of hydrogen-bond acceptors (Lipinski definition) is 6. The first kappa shape index (κ1) is 19.5. The number of para-hydroxylation sites is 1. The van der Waals surface area contributed by atoms with Gasteiger partial charge in [-0.2, -0.15) is 5.10 Å². The van der Waals surface area contributed by atoms with Gasteiger partial charge in [0, 0.05) is 35.6 Å². The monoisotopic (exact) mass is 417 g/mol. The van der Waals surface area contributed by atoms with Crippen molar-refractivity contribution in [3.63, 3.8) is 0 Å². The van der Waals surface area contributed by atoms with Gasteiger partial charge in [0.05, 0.1) is 16.4 Å². The summed E-state index contributed by atoms with van der Waals surface area (Å²) in [5.74, 6) is 0.957. The Balaban J connectivity index is 1.45. The van der Waals surface area contributed by atoms with Gasteiger partial charge in [0.15, 0.2) is 5.82 Å². The molecule has 4 rings (SSSR count). The highest BCUT2D eigenvalue weighted by atomic mass is 32.1. The van der Waals surface area contributed by atoms with E-state index in [1.807, 2.05) is 36.6 Å². The van der Waals surface area contributed by atoms with Crippen LogP contribution in [0, 0.1) is 6.92 Å². The number of carbonyl (C=O) groups is 1. The topological polar surface area (TPSA) is 81.9 Å². The Labute approximate surface area is 177 Å². The Morgan fingerprint density at radius 2 is 2.10 bits per heavy atom. The predicted molar refractivity (Wildman–Crippen MR) is 117 cm³/mol. The van der Waals surface area contributed by atoms with Crippen LogP contribution in [0.2, 0.25) is 0 Å². The van der Waals surface area contributed by atoms with Crippen LogP contribution >= 0.6 is 11.3 Å². The number of nitrogens with zero attached hydrogens (tertiary/aromatic N) is 4. The van der Waals surface area contributed by atoms with Crippen LogP contribution in [0.4, 0.5) is 5.69 Å². The highest BCUT2D eigenvalue weighted by molar-refractivity contribution is 7.09. The molecule has 0 saturated heterocycles. The van der Waals surface area contributed by atoms with Gasteiger partial charge in [-0.1, -0.05) is 18.2 Å². The van der Waals surface area contributed by atoms with Gasteiger partial charge in [-0.25, -0.2) is 14.6 Å². The Bertz CT molecular complexity index is 1170. The van der Waals surface area contributed by atoms with Crippen molar-refractivity contribution >= 4 is 29.0 Å². The standard InChI is InChI=1S/C22H19N5O2S/c1-16-25-18(15-30-16)14-29-20-8-3-2-6-17(20)9-10-21(28)26-19-7-4-11-23-22(19)27-13-5-12-24-27/h2-13,15H,14H2,1H3,(H,26,28)/b10-9+. The zero-order valence-electron chi connectivity index (χ0n) is 16.2. The van der Waals surface area contributed by atoms with Gasteiger partial charge in [0.2, 0.25) is 5.91 Å². The van der Waals surface area contributed by atoms with Gasteiger partial charge >= 0.3 is 0 Å². The quantitative estimate of drug-likeness (QED) is 0.454. The molecule has 0 saturated carbocycles. The fourth-order valence-corrected chi connectivity index (χ4v) is 3.38. The average Bonchev–Trinajstić information content (AvgIpc) is 3.44. The molecule has 0 atom stereocenters. The predicted octanol–water partition coefficient (Wildman–Crippen LogP) is 4.26. The molecule has 3 aromatic heterocycles. The molecular weight excluding hydrogens is 398 g/mol. The third-order valence-corrected chi connectivity index (χ3v) is 4.96. The van der Waals surface area contributed by atoms with Crippen molar-refractivity contribution in [3.05, 3.63) is 88.8 Å². The highest BCUT2D eigenvalue weighted by Crippen LogP contribution is 2.22. The molecule has 0 aliphatic rings. The second kappa shape index (κ2) is 9.15. The van der Waals surface area contributed by atoms with Gasteiger partial charge in [-0.15, -0.1) is 11.3 Å². The van der Waals surface area contributed by atoms with Crippen LogP contribution in [-0.2, 0) is 11.4 Å². The molecule has 8 heteroatoms. The maximum Gasteiger partial charge on any atom is 0.248 e. The third-order valence-electron chi connectivity index (χ3n) is 4.14. The minimum absolute atomic E-state index is 0.277. The molecule has 0 aliphatic carbocycles. The van der Waals surface area contributed by atoms with Crippen LogP contribution in [0.25, 0.3) is 11.9 Å².